The number of amides is 1. The Morgan fingerprint density at radius 3 is 2.48 bits per heavy atom. The van der Waals surface area contributed by atoms with Crippen molar-refractivity contribution in [2.45, 2.75) is 39.2 Å². The van der Waals surface area contributed by atoms with Gasteiger partial charge in [0.25, 0.3) is 0 Å². The Morgan fingerprint density at radius 2 is 1.77 bits per heavy atom. The quantitative estimate of drug-likeness (QED) is 0.571. The first-order valence-corrected chi connectivity index (χ1v) is 10.7. The fourth-order valence-corrected chi connectivity index (χ4v) is 4.20. The minimum atomic E-state index is 0.0116. The summed E-state index contributed by atoms with van der Waals surface area (Å²) < 4.78 is 18.8. The molecule has 0 radical (unpaired) electrons. The van der Waals surface area contributed by atoms with E-state index in [2.05, 4.69) is 35.1 Å². The summed E-state index contributed by atoms with van der Waals surface area (Å²) in [5.74, 6) is 2.14. The van der Waals surface area contributed by atoms with Gasteiger partial charge in [-0.1, -0.05) is 19.4 Å². The first-order chi connectivity index (χ1) is 15.1. The van der Waals surface area contributed by atoms with Crippen LogP contribution in [0.1, 0.15) is 31.7 Å². The van der Waals surface area contributed by atoms with Crippen LogP contribution in [0.3, 0.4) is 0 Å². The van der Waals surface area contributed by atoms with Crippen molar-refractivity contribution in [1.29, 1.82) is 0 Å². The van der Waals surface area contributed by atoms with Crippen molar-refractivity contribution < 1.29 is 23.6 Å². The highest BCUT2D eigenvalue weighted by molar-refractivity contribution is 6.04. The van der Waals surface area contributed by atoms with Crippen LogP contribution in [0, 0.1) is 0 Å². The van der Waals surface area contributed by atoms with Crippen LogP contribution in [0.25, 0.3) is 22.0 Å². The summed E-state index contributed by atoms with van der Waals surface area (Å²) in [6.45, 7) is 2.92. The number of methoxy groups -OCH3 is 3. The van der Waals surface area contributed by atoms with Gasteiger partial charge in [0.15, 0.2) is 24.2 Å². The van der Waals surface area contributed by atoms with Gasteiger partial charge in [0.1, 0.15) is 5.75 Å². The average Bonchev–Trinajstić information content (AvgIpc) is 2.80. The molecular weight excluding hydrogens is 392 g/mol. The minimum absolute atomic E-state index is 0.0116. The number of carbonyl (C=O) groups is 1. The van der Waals surface area contributed by atoms with Crippen molar-refractivity contribution in [2.75, 3.05) is 26.6 Å². The number of aryl methyl sites for hydroxylation is 2. The van der Waals surface area contributed by atoms with Gasteiger partial charge in [-0.3, -0.25) is 4.79 Å². The lowest BCUT2D eigenvalue weighted by Crippen LogP contribution is -2.40. The third-order valence-electron chi connectivity index (χ3n) is 5.88. The summed E-state index contributed by atoms with van der Waals surface area (Å²) in [6.07, 6.45) is 5.36. The monoisotopic (exact) mass is 421 g/mol. The number of nitrogens with one attached hydrogen (secondary N) is 1. The van der Waals surface area contributed by atoms with Crippen molar-refractivity contribution in [2.24, 2.45) is 0 Å². The largest absolute Gasteiger partial charge is 0.495 e. The van der Waals surface area contributed by atoms with Crippen molar-refractivity contribution in [3.63, 3.8) is 0 Å². The third-order valence-corrected chi connectivity index (χ3v) is 5.88. The number of anilines is 1. The molecular formula is C25H29N2O4+. The fraction of sp³-hybridized carbons (Fsp3) is 0.360. The number of carbonyl (C=O) groups excluding carboxylic acids is 1. The maximum atomic E-state index is 12.5. The lowest BCUT2D eigenvalue weighted by Gasteiger charge is -2.19. The molecule has 3 aromatic rings. The molecule has 0 fully saturated rings. The molecule has 2 heterocycles. The third kappa shape index (κ3) is 3.90. The fourth-order valence-electron chi connectivity index (χ4n) is 4.20. The maximum absolute atomic E-state index is 12.5. The number of aromatic nitrogens is 1. The lowest BCUT2D eigenvalue weighted by molar-refractivity contribution is -0.686. The van der Waals surface area contributed by atoms with Gasteiger partial charge in [-0.05, 0) is 35.6 Å². The number of hydrogen-bond donors (Lipinski definition) is 1. The van der Waals surface area contributed by atoms with Crippen LogP contribution >= 0.6 is 0 Å². The van der Waals surface area contributed by atoms with Crippen molar-refractivity contribution >= 4 is 22.4 Å². The Kier molecular flexibility index (Phi) is 5.98. The predicted octanol–water partition coefficient (Wildman–Crippen LogP) is 4.50. The minimum Gasteiger partial charge on any atom is -0.495 e. The van der Waals surface area contributed by atoms with Gasteiger partial charge in [-0.15, -0.1) is 0 Å². The second-order valence-corrected chi connectivity index (χ2v) is 7.76. The SMILES string of the molecule is CCCCC(=O)Nc1c(OC)ccc2cc3[n+](cc12)CCc1cc(OC)c(OC)cc1-3. The predicted molar refractivity (Wildman–Crippen MR) is 121 cm³/mol. The Balaban J connectivity index is 1.84. The molecule has 6 heteroatoms. The summed E-state index contributed by atoms with van der Waals surface area (Å²) in [5.41, 5.74) is 4.21. The molecule has 1 aromatic heterocycles. The Morgan fingerprint density at radius 1 is 1.03 bits per heavy atom. The summed E-state index contributed by atoms with van der Waals surface area (Å²) in [4.78, 5) is 12.5. The molecule has 0 aliphatic carbocycles. The molecule has 0 saturated heterocycles. The zero-order valence-electron chi connectivity index (χ0n) is 18.6. The molecule has 0 bridgehead atoms. The van der Waals surface area contributed by atoms with E-state index in [1.165, 1.54) is 5.56 Å². The van der Waals surface area contributed by atoms with Crippen LogP contribution in [0.15, 0.2) is 36.5 Å². The maximum Gasteiger partial charge on any atom is 0.224 e. The van der Waals surface area contributed by atoms with Crippen LogP contribution in [0.5, 0.6) is 17.2 Å². The summed E-state index contributed by atoms with van der Waals surface area (Å²) in [5, 5.41) is 5.10. The van der Waals surface area contributed by atoms with Crippen LogP contribution in [-0.2, 0) is 17.8 Å². The first-order valence-electron chi connectivity index (χ1n) is 10.7. The highest BCUT2D eigenvalue weighted by Crippen LogP contribution is 2.39. The normalized spacial score (nSPS) is 12.1. The number of rotatable bonds is 7. The second-order valence-electron chi connectivity index (χ2n) is 7.76. The van der Waals surface area contributed by atoms with E-state index in [0.29, 0.717) is 17.9 Å². The molecule has 1 aliphatic heterocycles. The number of unbranched alkanes of at least 4 members (excludes halogenated alkanes) is 1. The zero-order valence-corrected chi connectivity index (χ0v) is 18.6. The molecule has 1 N–H and O–H groups in total. The number of nitrogens with zero attached hydrogens (tertiary/aromatic N) is 1. The van der Waals surface area contributed by atoms with E-state index in [1.54, 1.807) is 21.3 Å². The van der Waals surface area contributed by atoms with Gasteiger partial charge < -0.3 is 19.5 Å². The second kappa shape index (κ2) is 8.84. The summed E-state index contributed by atoms with van der Waals surface area (Å²) in [7, 11) is 4.94. The zero-order chi connectivity index (χ0) is 22.0. The van der Waals surface area contributed by atoms with Gasteiger partial charge >= 0.3 is 0 Å². The van der Waals surface area contributed by atoms with Crippen LogP contribution in [0.2, 0.25) is 0 Å². The van der Waals surface area contributed by atoms with Crippen LogP contribution < -0.4 is 24.1 Å². The molecule has 6 nitrogen and oxygen atoms in total. The van der Waals surface area contributed by atoms with Gasteiger partial charge in [0, 0.05) is 18.9 Å². The smallest absolute Gasteiger partial charge is 0.224 e. The van der Waals surface area contributed by atoms with Gasteiger partial charge in [-0.25, -0.2) is 0 Å². The van der Waals surface area contributed by atoms with E-state index in [0.717, 1.165) is 59.3 Å². The topological polar surface area (TPSA) is 60.7 Å². The molecule has 1 aliphatic rings. The molecule has 2 aromatic carbocycles. The summed E-state index contributed by atoms with van der Waals surface area (Å²) >= 11 is 0. The van der Waals surface area contributed by atoms with E-state index in [9.17, 15) is 4.79 Å². The number of benzene rings is 2. The van der Waals surface area contributed by atoms with E-state index in [4.69, 9.17) is 14.2 Å². The van der Waals surface area contributed by atoms with Gasteiger partial charge in [0.05, 0.1) is 38.0 Å². The highest BCUT2D eigenvalue weighted by atomic mass is 16.5. The van der Waals surface area contributed by atoms with Gasteiger partial charge in [-0.2, -0.15) is 4.57 Å². The lowest BCUT2D eigenvalue weighted by atomic mass is 9.95. The Bertz CT molecular complexity index is 1140. The summed E-state index contributed by atoms with van der Waals surface area (Å²) in [6, 6.07) is 10.2. The number of hydrogen-bond acceptors (Lipinski definition) is 4. The molecule has 31 heavy (non-hydrogen) atoms. The van der Waals surface area contributed by atoms with Crippen molar-refractivity contribution in [1.82, 2.24) is 0 Å². The average molecular weight is 422 g/mol. The van der Waals surface area contributed by atoms with E-state index in [1.807, 2.05) is 18.2 Å². The molecule has 0 spiro atoms. The molecule has 1 amide bonds. The number of pyridine rings is 1. The number of ether oxygens (including phenoxy) is 3. The molecule has 0 saturated carbocycles. The van der Waals surface area contributed by atoms with Crippen LogP contribution in [0.4, 0.5) is 5.69 Å². The van der Waals surface area contributed by atoms with E-state index < -0.39 is 0 Å². The van der Waals surface area contributed by atoms with Crippen molar-refractivity contribution in [3.05, 3.63) is 42.1 Å². The molecule has 0 atom stereocenters. The van der Waals surface area contributed by atoms with E-state index in [-0.39, 0.29) is 5.91 Å². The van der Waals surface area contributed by atoms with E-state index >= 15 is 0 Å². The Hall–Kier alpha value is -3.28. The van der Waals surface area contributed by atoms with Crippen molar-refractivity contribution in [3.8, 4) is 28.5 Å². The van der Waals surface area contributed by atoms with Crippen LogP contribution in [-0.4, -0.2) is 27.2 Å². The molecule has 162 valence electrons. The van der Waals surface area contributed by atoms with Gasteiger partial charge in [0.2, 0.25) is 11.6 Å². The Labute approximate surface area is 182 Å². The highest BCUT2D eigenvalue weighted by Gasteiger charge is 2.27. The molecule has 4 rings (SSSR count). The molecule has 0 unspecified atom stereocenters. The number of fused-ring (bicyclic) bond motifs is 4. The first kappa shape index (κ1) is 21.0. The standard InChI is InChI=1S/C25H28N2O4/c1-5-6-7-24(28)26-25-19-15-27-11-10-17-13-22(30-3)23(31-4)14-18(17)20(27)12-16(19)8-9-21(25)29-2/h8-9,12-15H,5-7,10-11H2,1-4H3/p+1.